The van der Waals surface area contributed by atoms with E-state index < -0.39 is 17.1 Å². The van der Waals surface area contributed by atoms with Gasteiger partial charge in [-0.05, 0) is 39.8 Å². The van der Waals surface area contributed by atoms with Gasteiger partial charge in [-0.3, -0.25) is 0 Å². The van der Waals surface area contributed by atoms with Gasteiger partial charge in [0, 0.05) is 5.69 Å². The first-order valence-corrected chi connectivity index (χ1v) is 5.48. The number of carbonyl (C=O) groups is 1. The van der Waals surface area contributed by atoms with E-state index in [4.69, 9.17) is 5.11 Å². The maximum Gasteiger partial charge on any atom is 0.337 e. The SMILES string of the molecule is CC(C)(O)C(C)(C)Nc1ccccc1C(=O)O. The predicted octanol–water partition coefficient (Wildman–Crippen LogP) is 2.35. The number of rotatable bonds is 4. The topological polar surface area (TPSA) is 69.6 Å². The van der Waals surface area contributed by atoms with E-state index in [1.165, 1.54) is 6.07 Å². The summed E-state index contributed by atoms with van der Waals surface area (Å²) < 4.78 is 0. The molecule has 0 aliphatic carbocycles. The molecule has 0 aliphatic heterocycles. The van der Waals surface area contributed by atoms with Crippen molar-refractivity contribution >= 4 is 11.7 Å². The van der Waals surface area contributed by atoms with E-state index in [2.05, 4.69) is 5.32 Å². The van der Waals surface area contributed by atoms with Crippen molar-refractivity contribution in [3.8, 4) is 0 Å². The summed E-state index contributed by atoms with van der Waals surface area (Å²) in [6.45, 7) is 7.02. The Bertz CT molecular complexity index is 419. The first-order chi connectivity index (χ1) is 7.65. The lowest BCUT2D eigenvalue weighted by molar-refractivity contribution is 0.0239. The number of hydrogen-bond acceptors (Lipinski definition) is 3. The largest absolute Gasteiger partial charge is 0.478 e. The predicted molar refractivity (Wildman–Crippen MR) is 67.4 cm³/mol. The third kappa shape index (κ3) is 2.97. The van der Waals surface area contributed by atoms with Crippen LogP contribution < -0.4 is 5.32 Å². The van der Waals surface area contributed by atoms with Crippen molar-refractivity contribution in [1.29, 1.82) is 0 Å². The summed E-state index contributed by atoms with van der Waals surface area (Å²) in [5, 5.41) is 22.2. The molecule has 0 unspecified atom stereocenters. The third-order valence-electron chi connectivity index (χ3n) is 3.13. The zero-order valence-electron chi connectivity index (χ0n) is 10.6. The average molecular weight is 237 g/mol. The van der Waals surface area contributed by atoms with Gasteiger partial charge in [0.25, 0.3) is 0 Å². The Morgan fingerprint density at radius 2 is 1.71 bits per heavy atom. The molecule has 0 saturated heterocycles. The summed E-state index contributed by atoms with van der Waals surface area (Å²) in [5.41, 5.74) is -0.908. The summed E-state index contributed by atoms with van der Waals surface area (Å²) in [6.07, 6.45) is 0. The quantitative estimate of drug-likeness (QED) is 0.751. The molecule has 0 aliphatic rings. The molecule has 17 heavy (non-hydrogen) atoms. The van der Waals surface area contributed by atoms with Crippen molar-refractivity contribution in [1.82, 2.24) is 0 Å². The number of aliphatic hydroxyl groups is 1. The van der Waals surface area contributed by atoms with E-state index in [-0.39, 0.29) is 5.56 Å². The molecular weight excluding hydrogens is 218 g/mol. The zero-order valence-corrected chi connectivity index (χ0v) is 10.6. The highest BCUT2D eigenvalue weighted by atomic mass is 16.4. The highest BCUT2D eigenvalue weighted by molar-refractivity contribution is 5.94. The first-order valence-electron chi connectivity index (χ1n) is 5.48. The van der Waals surface area contributed by atoms with Gasteiger partial charge in [-0.1, -0.05) is 12.1 Å². The summed E-state index contributed by atoms with van der Waals surface area (Å²) in [7, 11) is 0. The van der Waals surface area contributed by atoms with Crippen LogP contribution in [0.25, 0.3) is 0 Å². The smallest absolute Gasteiger partial charge is 0.337 e. The van der Waals surface area contributed by atoms with Crippen LogP contribution in [0.2, 0.25) is 0 Å². The number of carboxylic acid groups (broad SMARTS) is 1. The Morgan fingerprint density at radius 3 is 2.18 bits per heavy atom. The van der Waals surface area contributed by atoms with Gasteiger partial charge in [0.15, 0.2) is 0 Å². The molecule has 0 spiro atoms. The fourth-order valence-corrected chi connectivity index (χ4v) is 1.27. The molecule has 0 radical (unpaired) electrons. The van der Waals surface area contributed by atoms with Crippen LogP contribution in [-0.2, 0) is 0 Å². The Hall–Kier alpha value is -1.55. The van der Waals surface area contributed by atoms with E-state index >= 15 is 0 Å². The van der Waals surface area contributed by atoms with Crippen LogP contribution >= 0.6 is 0 Å². The van der Waals surface area contributed by atoms with Crippen LogP contribution in [0.15, 0.2) is 24.3 Å². The van der Waals surface area contributed by atoms with Crippen molar-refractivity contribution < 1.29 is 15.0 Å². The van der Waals surface area contributed by atoms with E-state index in [0.29, 0.717) is 5.69 Å². The number of anilines is 1. The number of aromatic carboxylic acids is 1. The minimum Gasteiger partial charge on any atom is -0.478 e. The first kappa shape index (κ1) is 13.5. The molecule has 1 aromatic carbocycles. The lowest BCUT2D eigenvalue weighted by Crippen LogP contribution is -2.51. The fraction of sp³-hybridized carbons (Fsp3) is 0.462. The van der Waals surface area contributed by atoms with Crippen LogP contribution in [0, 0.1) is 0 Å². The molecule has 0 bridgehead atoms. The van der Waals surface area contributed by atoms with E-state index in [1.807, 2.05) is 13.8 Å². The monoisotopic (exact) mass is 237 g/mol. The number of para-hydroxylation sites is 1. The second-order valence-corrected chi connectivity index (χ2v) is 5.16. The van der Waals surface area contributed by atoms with Gasteiger partial charge in [0.2, 0.25) is 0 Å². The normalized spacial score (nSPS) is 12.3. The van der Waals surface area contributed by atoms with Gasteiger partial charge in [-0.25, -0.2) is 4.79 Å². The molecule has 4 heteroatoms. The summed E-state index contributed by atoms with van der Waals surface area (Å²) in [6, 6.07) is 6.66. The molecule has 0 fully saturated rings. The van der Waals surface area contributed by atoms with Crippen LogP contribution in [0.5, 0.6) is 0 Å². The van der Waals surface area contributed by atoms with Gasteiger partial charge in [0.1, 0.15) is 0 Å². The number of hydrogen-bond donors (Lipinski definition) is 3. The van der Waals surface area contributed by atoms with Crippen LogP contribution in [0.1, 0.15) is 38.1 Å². The van der Waals surface area contributed by atoms with Crippen molar-refractivity contribution in [2.45, 2.75) is 38.8 Å². The standard InChI is InChI=1S/C13H19NO3/c1-12(2,13(3,4)17)14-10-8-6-5-7-9(10)11(15)16/h5-8,14,17H,1-4H3,(H,15,16). The molecule has 1 rings (SSSR count). The van der Waals surface area contributed by atoms with Crippen LogP contribution in [0.4, 0.5) is 5.69 Å². The average Bonchev–Trinajstić information content (AvgIpc) is 2.15. The van der Waals surface area contributed by atoms with E-state index in [0.717, 1.165) is 0 Å². The maximum absolute atomic E-state index is 11.1. The minimum absolute atomic E-state index is 0.199. The summed E-state index contributed by atoms with van der Waals surface area (Å²) in [5.74, 6) is -0.986. The Balaban J connectivity index is 3.08. The molecule has 0 amide bonds. The molecule has 4 nitrogen and oxygen atoms in total. The van der Waals surface area contributed by atoms with Gasteiger partial charge in [0.05, 0.1) is 16.7 Å². The highest BCUT2D eigenvalue weighted by Crippen LogP contribution is 2.27. The van der Waals surface area contributed by atoms with E-state index in [1.54, 1.807) is 32.0 Å². The van der Waals surface area contributed by atoms with Crippen molar-refractivity contribution in [2.75, 3.05) is 5.32 Å². The molecule has 0 saturated carbocycles. The second-order valence-electron chi connectivity index (χ2n) is 5.16. The van der Waals surface area contributed by atoms with Gasteiger partial charge >= 0.3 is 5.97 Å². The van der Waals surface area contributed by atoms with Crippen molar-refractivity contribution in [3.63, 3.8) is 0 Å². The Labute approximate surface area is 101 Å². The number of nitrogens with one attached hydrogen (secondary N) is 1. The Morgan fingerprint density at radius 1 is 1.18 bits per heavy atom. The van der Waals surface area contributed by atoms with Gasteiger partial charge in [-0.2, -0.15) is 0 Å². The molecule has 94 valence electrons. The third-order valence-corrected chi connectivity index (χ3v) is 3.13. The van der Waals surface area contributed by atoms with Gasteiger partial charge < -0.3 is 15.5 Å². The van der Waals surface area contributed by atoms with Crippen LogP contribution in [-0.4, -0.2) is 27.3 Å². The number of benzene rings is 1. The lowest BCUT2D eigenvalue weighted by Gasteiger charge is -2.39. The molecule has 0 heterocycles. The number of carboxylic acids is 1. The maximum atomic E-state index is 11.1. The summed E-state index contributed by atoms with van der Waals surface area (Å²) >= 11 is 0. The molecule has 0 aromatic heterocycles. The molecule has 3 N–H and O–H groups in total. The Kier molecular flexibility index (Phi) is 3.48. The van der Waals surface area contributed by atoms with Gasteiger partial charge in [-0.15, -0.1) is 0 Å². The van der Waals surface area contributed by atoms with Crippen LogP contribution in [0.3, 0.4) is 0 Å². The summed E-state index contributed by atoms with van der Waals surface area (Å²) in [4.78, 5) is 11.1. The molecule has 1 aromatic rings. The fourth-order valence-electron chi connectivity index (χ4n) is 1.27. The molecule has 0 atom stereocenters. The second kappa shape index (κ2) is 4.37. The van der Waals surface area contributed by atoms with E-state index in [9.17, 15) is 9.90 Å². The highest BCUT2D eigenvalue weighted by Gasteiger charge is 2.35. The molecular formula is C13H19NO3. The lowest BCUT2D eigenvalue weighted by atomic mass is 9.85. The zero-order chi connectivity index (χ0) is 13.3. The minimum atomic E-state index is -0.986. The van der Waals surface area contributed by atoms with Crippen molar-refractivity contribution in [3.05, 3.63) is 29.8 Å². The van der Waals surface area contributed by atoms with Crippen molar-refractivity contribution in [2.24, 2.45) is 0 Å².